The van der Waals surface area contributed by atoms with Crippen molar-refractivity contribution in [2.45, 2.75) is 70.2 Å². The molecule has 0 spiro atoms. The van der Waals surface area contributed by atoms with Gasteiger partial charge in [0.15, 0.2) is 0 Å². The summed E-state index contributed by atoms with van der Waals surface area (Å²) in [5.74, 6) is -0.616. The van der Waals surface area contributed by atoms with Gasteiger partial charge in [0, 0.05) is 12.6 Å². The van der Waals surface area contributed by atoms with Gasteiger partial charge in [-0.3, -0.25) is 14.4 Å². The highest BCUT2D eigenvalue weighted by Gasteiger charge is 2.46. The van der Waals surface area contributed by atoms with Crippen molar-refractivity contribution in [2.75, 3.05) is 0 Å². The summed E-state index contributed by atoms with van der Waals surface area (Å²) in [5.41, 5.74) is 6.92. The van der Waals surface area contributed by atoms with E-state index < -0.39 is 18.1 Å². The summed E-state index contributed by atoms with van der Waals surface area (Å²) in [4.78, 5) is 39.7. The van der Waals surface area contributed by atoms with Crippen LogP contribution in [0.2, 0.25) is 0 Å². The lowest BCUT2D eigenvalue weighted by Crippen LogP contribution is -2.60. The zero-order valence-electron chi connectivity index (χ0n) is 16.6. The number of carbonyl (C=O) groups excluding carboxylic acids is 3. The molecule has 28 heavy (non-hydrogen) atoms. The minimum absolute atomic E-state index is 0.00487. The van der Waals surface area contributed by atoms with Crippen LogP contribution in [0.1, 0.15) is 45.1 Å². The molecule has 4 N–H and O–H groups in total. The third kappa shape index (κ3) is 4.35. The molecule has 4 atom stereocenters. The van der Waals surface area contributed by atoms with Gasteiger partial charge >= 0.3 is 0 Å². The quantitative estimate of drug-likeness (QED) is 0.676. The van der Waals surface area contributed by atoms with Gasteiger partial charge in [-0.15, -0.1) is 0 Å². The zero-order valence-corrected chi connectivity index (χ0v) is 16.6. The molecule has 7 heteroatoms. The molecule has 0 radical (unpaired) electrons. The summed E-state index contributed by atoms with van der Waals surface area (Å²) in [6, 6.07) is 8.04. The first-order valence-electron chi connectivity index (χ1n) is 10.1. The van der Waals surface area contributed by atoms with Crippen molar-refractivity contribution in [3.05, 3.63) is 35.9 Å². The van der Waals surface area contributed by atoms with E-state index in [2.05, 4.69) is 10.6 Å². The van der Waals surface area contributed by atoms with Crippen molar-refractivity contribution in [2.24, 2.45) is 11.7 Å². The second-order valence-corrected chi connectivity index (χ2v) is 8.10. The monoisotopic (exact) mass is 386 g/mol. The molecular formula is C21H30N4O3. The van der Waals surface area contributed by atoms with Crippen LogP contribution in [0.15, 0.2) is 30.3 Å². The topological polar surface area (TPSA) is 105 Å². The van der Waals surface area contributed by atoms with Crippen LogP contribution in [-0.4, -0.2) is 46.8 Å². The molecule has 2 saturated heterocycles. The van der Waals surface area contributed by atoms with Gasteiger partial charge in [-0.05, 0) is 37.2 Å². The van der Waals surface area contributed by atoms with E-state index in [1.807, 2.05) is 44.2 Å². The molecular weight excluding hydrogens is 356 g/mol. The van der Waals surface area contributed by atoms with E-state index in [0.29, 0.717) is 19.4 Å². The largest absolute Gasteiger partial charge is 0.350 e. The van der Waals surface area contributed by atoms with Crippen molar-refractivity contribution in [1.82, 2.24) is 15.5 Å². The molecule has 0 aliphatic carbocycles. The normalized spacial score (nSPS) is 25.4. The van der Waals surface area contributed by atoms with Gasteiger partial charge in [-0.2, -0.15) is 0 Å². The van der Waals surface area contributed by atoms with Crippen LogP contribution in [0, 0.1) is 5.92 Å². The van der Waals surface area contributed by atoms with Gasteiger partial charge in [-0.1, -0.05) is 44.2 Å². The molecule has 2 heterocycles. The number of amides is 3. The minimum atomic E-state index is -0.644. The molecule has 1 unspecified atom stereocenters. The van der Waals surface area contributed by atoms with Crippen molar-refractivity contribution in [1.29, 1.82) is 0 Å². The fourth-order valence-electron chi connectivity index (χ4n) is 4.03. The van der Waals surface area contributed by atoms with E-state index >= 15 is 0 Å². The predicted molar refractivity (Wildman–Crippen MR) is 106 cm³/mol. The average molecular weight is 386 g/mol. The Hall–Kier alpha value is -2.41. The molecule has 3 rings (SSSR count). The lowest BCUT2D eigenvalue weighted by molar-refractivity contribution is -0.146. The maximum Gasteiger partial charge on any atom is 0.246 e. The van der Waals surface area contributed by atoms with Crippen molar-refractivity contribution < 1.29 is 14.4 Å². The molecule has 152 valence electrons. The summed E-state index contributed by atoms with van der Waals surface area (Å²) in [5, 5.41) is 5.74. The third-order valence-corrected chi connectivity index (χ3v) is 5.79. The second kappa shape index (κ2) is 8.73. The molecule has 2 aliphatic rings. The summed E-state index contributed by atoms with van der Waals surface area (Å²) >= 11 is 0. The molecule has 2 fully saturated rings. The standard InChI is InChI=1S/C21H30N4O3/c1-13(2)18(22)20(27)24-16-10-8-15-9-11-17(25(15)21(16)28)19(26)23-12-14-6-4-3-5-7-14/h3-7,13,15-18H,8-12,22H2,1-2H3,(H,23,26)(H,24,27)/t15-,16?,17-,18-/m0/s1. The number of benzene rings is 1. The molecule has 0 bridgehead atoms. The third-order valence-electron chi connectivity index (χ3n) is 5.79. The van der Waals surface area contributed by atoms with Crippen molar-refractivity contribution in [3.8, 4) is 0 Å². The Morgan fingerprint density at radius 1 is 1.14 bits per heavy atom. The summed E-state index contributed by atoms with van der Waals surface area (Å²) in [6.07, 6.45) is 2.86. The first-order valence-corrected chi connectivity index (χ1v) is 10.1. The van der Waals surface area contributed by atoms with Crippen LogP contribution in [0.4, 0.5) is 0 Å². The SMILES string of the molecule is CC(C)[C@H](N)C(=O)NC1CC[C@H]2CC[C@@H](C(=O)NCc3ccccc3)N2C1=O. The maximum atomic E-state index is 13.0. The van der Waals surface area contributed by atoms with E-state index in [9.17, 15) is 14.4 Å². The van der Waals surface area contributed by atoms with Crippen molar-refractivity contribution >= 4 is 17.7 Å². The maximum absolute atomic E-state index is 13.0. The lowest BCUT2D eigenvalue weighted by Gasteiger charge is -2.38. The van der Waals surface area contributed by atoms with Crippen LogP contribution < -0.4 is 16.4 Å². The van der Waals surface area contributed by atoms with E-state index in [1.165, 1.54) is 0 Å². The number of nitrogens with one attached hydrogen (secondary N) is 2. The van der Waals surface area contributed by atoms with Crippen LogP contribution >= 0.6 is 0 Å². The molecule has 0 aromatic heterocycles. The van der Waals surface area contributed by atoms with Crippen LogP contribution in [0.25, 0.3) is 0 Å². The molecule has 1 aromatic carbocycles. The highest BCUT2D eigenvalue weighted by Crippen LogP contribution is 2.32. The van der Waals surface area contributed by atoms with E-state index in [0.717, 1.165) is 18.4 Å². The Labute approximate surface area is 166 Å². The number of nitrogens with zero attached hydrogens (tertiary/aromatic N) is 1. The highest BCUT2D eigenvalue weighted by atomic mass is 16.2. The zero-order chi connectivity index (χ0) is 20.3. The Balaban J connectivity index is 1.62. The number of hydrogen-bond donors (Lipinski definition) is 3. The van der Waals surface area contributed by atoms with E-state index in [4.69, 9.17) is 5.73 Å². The number of carbonyl (C=O) groups is 3. The molecule has 3 amide bonds. The minimum Gasteiger partial charge on any atom is -0.350 e. The first-order chi connectivity index (χ1) is 13.4. The number of rotatable bonds is 6. The average Bonchev–Trinajstić information content (AvgIpc) is 3.13. The summed E-state index contributed by atoms with van der Waals surface area (Å²) in [6.45, 7) is 4.18. The van der Waals surface area contributed by atoms with Gasteiger partial charge in [0.25, 0.3) is 0 Å². The van der Waals surface area contributed by atoms with Gasteiger partial charge in [0.05, 0.1) is 6.04 Å². The number of nitrogens with two attached hydrogens (primary N) is 1. The fraction of sp³-hybridized carbons (Fsp3) is 0.571. The van der Waals surface area contributed by atoms with Crippen molar-refractivity contribution in [3.63, 3.8) is 0 Å². The van der Waals surface area contributed by atoms with Crippen LogP contribution in [0.5, 0.6) is 0 Å². The van der Waals surface area contributed by atoms with E-state index in [1.54, 1.807) is 4.90 Å². The van der Waals surface area contributed by atoms with Crippen LogP contribution in [-0.2, 0) is 20.9 Å². The number of piperidine rings is 1. The summed E-state index contributed by atoms with van der Waals surface area (Å²) < 4.78 is 0. The van der Waals surface area contributed by atoms with Crippen LogP contribution in [0.3, 0.4) is 0 Å². The smallest absolute Gasteiger partial charge is 0.246 e. The Morgan fingerprint density at radius 3 is 2.50 bits per heavy atom. The fourth-order valence-corrected chi connectivity index (χ4v) is 4.03. The van der Waals surface area contributed by atoms with Gasteiger partial charge in [0.1, 0.15) is 12.1 Å². The van der Waals surface area contributed by atoms with E-state index in [-0.39, 0.29) is 29.7 Å². The Morgan fingerprint density at radius 2 is 1.82 bits per heavy atom. The summed E-state index contributed by atoms with van der Waals surface area (Å²) in [7, 11) is 0. The predicted octanol–water partition coefficient (Wildman–Crippen LogP) is 0.924. The molecule has 1 aromatic rings. The lowest BCUT2D eigenvalue weighted by atomic mass is 9.97. The van der Waals surface area contributed by atoms with Gasteiger partial charge in [-0.25, -0.2) is 0 Å². The number of fused-ring (bicyclic) bond motifs is 1. The first kappa shape index (κ1) is 20.3. The second-order valence-electron chi connectivity index (χ2n) is 8.10. The number of hydrogen-bond acceptors (Lipinski definition) is 4. The molecule has 7 nitrogen and oxygen atoms in total. The van der Waals surface area contributed by atoms with Gasteiger partial charge < -0.3 is 21.3 Å². The Bertz CT molecular complexity index is 722. The molecule has 2 aliphatic heterocycles. The highest BCUT2D eigenvalue weighted by molar-refractivity contribution is 5.94. The Kier molecular flexibility index (Phi) is 6.34. The van der Waals surface area contributed by atoms with Gasteiger partial charge in [0.2, 0.25) is 17.7 Å². The molecule has 0 saturated carbocycles.